The van der Waals surface area contributed by atoms with Crippen LogP contribution in [0.4, 0.5) is 0 Å². The van der Waals surface area contributed by atoms with Gasteiger partial charge in [-0.3, -0.25) is 4.79 Å². The second kappa shape index (κ2) is 7.54. The van der Waals surface area contributed by atoms with Gasteiger partial charge in [-0.1, -0.05) is 13.8 Å². The third kappa shape index (κ3) is 3.86. The zero-order chi connectivity index (χ0) is 18.9. The smallest absolute Gasteiger partial charge is 0.229 e. The molecular formula is C16H22O9. The average molecular weight is 358 g/mol. The van der Waals surface area contributed by atoms with Gasteiger partial charge in [0.1, 0.15) is 47.2 Å². The minimum Gasteiger partial charge on any atom is -0.508 e. The molecule has 0 spiro atoms. The molecule has 6 N–H and O–H groups in total. The number of aromatic hydroxyl groups is 2. The molecule has 0 amide bonds. The van der Waals surface area contributed by atoms with Gasteiger partial charge in [0.05, 0.1) is 6.61 Å². The zero-order valence-electron chi connectivity index (χ0n) is 13.7. The van der Waals surface area contributed by atoms with Crippen LogP contribution in [0.15, 0.2) is 12.1 Å². The number of aliphatic hydroxyl groups excluding tert-OH is 4. The molecule has 1 saturated heterocycles. The number of hydrogen-bond donors (Lipinski definition) is 6. The lowest BCUT2D eigenvalue weighted by atomic mass is 9.98. The average Bonchev–Trinajstić information content (AvgIpc) is 2.54. The van der Waals surface area contributed by atoms with Crippen molar-refractivity contribution >= 4 is 5.78 Å². The number of Topliss-reactive ketones (excluding diaryl/α,β-unsaturated/α-hetero) is 1. The lowest BCUT2D eigenvalue weighted by Gasteiger charge is -2.39. The summed E-state index contributed by atoms with van der Waals surface area (Å²) in [6.07, 6.45) is -7.65. The van der Waals surface area contributed by atoms with Crippen LogP contribution in [0.25, 0.3) is 0 Å². The Balaban J connectivity index is 2.37. The number of aliphatic hydroxyl groups is 4. The third-order valence-electron chi connectivity index (χ3n) is 3.93. The number of benzene rings is 1. The first-order valence-corrected chi connectivity index (χ1v) is 7.74. The van der Waals surface area contributed by atoms with Crippen molar-refractivity contribution in [1.29, 1.82) is 0 Å². The first kappa shape index (κ1) is 19.4. The summed E-state index contributed by atoms with van der Waals surface area (Å²) in [6, 6.07) is 2.02. The summed E-state index contributed by atoms with van der Waals surface area (Å²) in [6.45, 7) is 2.56. The van der Waals surface area contributed by atoms with E-state index in [2.05, 4.69) is 0 Å². The van der Waals surface area contributed by atoms with Gasteiger partial charge in [0.2, 0.25) is 6.29 Å². The molecule has 0 bridgehead atoms. The van der Waals surface area contributed by atoms with Crippen molar-refractivity contribution in [2.45, 2.75) is 44.6 Å². The Morgan fingerprint density at radius 3 is 2.36 bits per heavy atom. The van der Waals surface area contributed by atoms with Crippen molar-refractivity contribution in [3.05, 3.63) is 17.7 Å². The maximum Gasteiger partial charge on any atom is 0.229 e. The lowest BCUT2D eigenvalue weighted by Crippen LogP contribution is -2.60. The number of ether oxygens (including phenoxy) is 2. The van der Waals surface area contributed by atoms with E-state index in [9.17, 15) is 35.4 Å². The highest BCUT2D eigenvalue weighted by Crippen LogP contribution is 2.36. The highest BCUT2D eigenvalue weighted by atomic mass is 16.7. The Bertz CT molecular complexity index is 628. The van der Waals surface area contributed by atoms with Crippen LogP contribution in [-0.2, 0) is 4.74 Å². The molecule has 140 valence electrons. The molecule has 25 heavy (non-hydrogen) atoms. The van der Waals surface area contributed by atoms with Crippen LogP contribution in [0.5, 0.6) is 17.2 Å². The molecule has 9 nitrogen and oxygen atoms in total. The van der Waals surface area contributed by atoms with E-state index in [0.29, 0.717) is 0 Å². The summed E-state index contributed by atoms with van der Waals surface area (Å²) in [5, 5.41) is 58.4. The van der Waals surface area contributed by atoms with E-state index >= 15 is 0 Å². The topological polar surface area (TPSA) is 157 Å². The van der Waals surface area contributed by atoms with Crippen molar-refractivity contribution < 1.29 is 44.9 Å². The maximum atomic E-state index is 12.3. The van der Waals surface area contributed by atoms with E-state index in [4.69, 9.17) is 9.47 Å². The molecule has 0 radical (unpaired) electrons. The number of phenols is 2. The van der Waals surface area contributed by atoms with Crippen molar-refractivity contribution in [2.75, 3.05) is 6.61 Å². The van der Waals surface area contributed by atoms with Gasteiger partial charge in [-0.15, -0.1) is 0 Å². The third-order valence-corrected chi connectivity index (χ3v) is 3.93. The normalized spacial score (nSPS) is 29.6. The molecule has 1 aromatic rings. The fraction of sp³-hybridized carbons (Fsp3) is 0.562. The zero-order valence-corrected chi connectivity index (χ0v) is 13.7. The van der Waals surface area contributed by atoms with Crippen LogP contribution < -0.4 is 4.74 Å². The Kier molecular flexibility index (Phi) is 5.86. The van der Waals surface area contributed by atoms with Gasteiger partial charge in [-0.05, 0) is 0 Å². The lowest BCUT2D eigenvalue weighted by molar-refractivity contribution is -0.277. The van der Waals surface area contributed by atoms with Gasteiger partial charge in [0.25, 0.3) is 0 Å². The predicted molar refractivity (Wildman–Crippen MR) is 83.3 cm³/mol. The minimum absolute atomic E-state index is 0.218. The highest BCUT2D eigenvalue weighted by molar-refractivity contribution is 6.02. The van der Waals surface area contributed by atoms with E-state index in [1.165, 1.54) is 0 Å². The van der Waals surface area contributed by atoms with Gasteiger partial charge in [-0.2, -0.15) is 0 Å². The SMILES string of the molecule is CC(C)C(=O)c1c(O)cc(O)cc1O[C@@H]1O[C@H](CO)[C@@H](O)[C@H](O)[C@H]1O. The number of ketones is 1. The number of carbonyl (C=O) groups is 1. The van der Waals surface area contributed by atoms with E-state index < -0.39 is 60.5 Å². The summed E-state index contributed by atoms with van der Waals surface area (Å²) in [5.41, 5.74) is -0.218. The molecule has 1 fully saturated rings. The summed E-state index contributed by atoms with van der Waals surface area (Å²) in [4.78, 5) is 12.3. The Morgan fingerprint density at radius 1 is 1.16 bits per heavy atom. The molecule has 0 aliphatic carbocycles. The summed E-state index contributed by atoms with van der Waals surface area (Å²) in [5.74, 6) is -2.14. The van der Waals surface area contributed by atoms with E-state index in [1.54, 1.807) is 13.8 Å². The van der Waals surface area contributed by atoms with Crippen LogP contribution in [0.2, 0.25) is 0 Å². The highest BCUT2D eigenvalue weighted by Gasteiger charge is 2.45. The number of hydrogen-bond acceptors (Lipinski definition) is 9. The summed E-state index contributed by atoms with van der Waals surface area (Å²) in [7, 11) is 0. The minimum atomic E-state index is -1.69. The Hall–Kier alpha value is -1.91. The quantitative estimate of drug-likeness (QED) is 0.368. The van der Waals surface area contributed by atoms with Gasteiger partial charge in [0.15, 0.2) is 5.78 Å². The Morgan fingerprint density at radius 2 is 1.80 bits per heavy atom. The van der Waals surface area contributed by atoms with E-state index in [1.807, 2.05) is 0 Å². The first-order chi connectivity index (χ1) is 11.7. The van der Waals surface area contributed by atoms with Gasteiger partial charge in [-0.25, -0.2) is 0 Å². The van der Waals surface area contributed by atoms with Crippen LogP contribution >= 0.6 is 0 Å². The van der Waals surface area contributed by atoms with Crippen LogP contribution in [0.3, 0.4) is 0 Å². The monoisotopic (exact) mass is 358 g/mol. The fourth-order valence-corrected chi connectivity index (χ4v) is 2.51. The molecule has 0 unspecified atom stereocenters. The van der Waals surface area contributed by atoms with Crippen LogP contribution in [-0.4, -0.2) is 73.7 Å². The molecule has 1 heterocycles. The van der Waals surface area contributed by atoms with Gasteiger partial charge >= 0.3 is 0 Å². The molecule has 1 aromatic carbocycles. The van der Waals surface area contributed by atoms with Gasteiger partial charge in [0, 0.05) is 18.1 Å². The molecule has 0 saturated carbocycles. The summed E-state index contributed by atoms with van der Waals surface area (Å²) < 4.78 is 10.6. The molecule has 9 heteroatoms. The number of rotatable bonds is 5. The van der Waals surface area contributed by atoms with Crippen molar-refractivity contribution in [3.63, 3.8) is 0 Å². The molecule has 1 aliphatic heterocycles. The van der Waals surface area contributed by atoms with E-state index in [-0.39, 0.29) is 11.3 Å². The van der Waals surface area contributed by atoms with Crippen LogP contribution in [0.1, 0.15) is 24.2 Å². The predicted octanol–water partition coefficient (Wildman–Crippen LogP) is -0.885. The Labute approximate surface area is 143 Å². The summed E-state index contributed by atoms with van der Waals surface area (Å²) >= 11 is 0. The first-order valence-electron chi connectivity index (χ1n) is 7.74. The van der Waals surface area contributed by atoms with Crippen molar-refractivity contribution in [1.82, 2.24) is 0 Å². The number of phenolic OH excluding ortho intramolecular Hbond substituents is 2. The van der Waals surface area contributed by atoms with Gasteiger partial charge < -0.3 is 40.1 Å². The molecule has 5 atom stereocenters. The maximum absolute atomic E-state index is 12.3. The van der Waals surface area contributed by atoms with Crippen molar-refractivity contribution in [2.24, 2.45) is 5.92 Å². The van der Waals surface area contributed by atoms with Crippen molar-refractivity contribution in [3.8, 4) is 17.2 Å². The van der Waals surface area contributed by atoms with Crippen LogP contribution in [0, 0.1) is 5.92 Å². The molecule has 1 aliphatic rings. The second-order valence-electron chi connectivity index (χ2n) is 6.17. The standard InChI is InChI=1S/C16H22O9/c1-6(2)12(20)11-8(19)3-7(18)4-9(11)24-16-15(23)14(22)13(21)10(5-17)25-16/h3-4,6,10,13-19,21-23H,5H2,1-2H3/t10-,13-,14+,15-,16-/m1/s1. The largest absolute Gasteiger partial charge is 0.508 e. The van der Waals surface area contributed by atoms with E-state index in [0.717, 1.165) is 12.1 Å². The molecule has 2 rings (SSSR count). The fourth-order valence-electron chi connectivity index (χ4n) is 2.51. The molecular weight excluding hydrogens is 336 g/mol. The second-order valence-corrected chi connectivity index (χ2v) is 6.17. The number of carbonyl (C=O) groups excluding carboxylic acids is 1. The molecule has 0 aromatic heterocycles.